The molecule has 0 radical (unpaired) electrons. The van der Waals surface area contributed by atoms with Crippen LogP contribution in [-0.4, -0.2) is 53.8 Å². The van der Waals surface area contributed by atoms with Gasteiger partial charge in [-0.1, -0.05) is 6.07 Å². The number of hydrogen-bond donors (Lipinski definition) is 3. The summed E-state index contributed by atoms with van der Waals surface area (Å²) in [4.78, 5) is 38.9. The molecule has 4 N–H and O–H groups in total. The summed E-state index contributed by atoms with van der Waals surface area (Å²) in [5.41, 5.74) is 6.16. The Balaban J connectivity index is 1.62. The molecule has 2 aliphatic heterocycles. The molecule has 0 spiro atoms. The highest BCUT2D eigenvalue weighted by atomic mass is 19.1. The topological polar surface area (TPSA) is 105 Å². The zero-order valence-electron chi connectivity index (χ0n) is 15.3. The van der Waals surface area contributed by atoms with Crippen molar-refractivity contribution in [2.24, 2.45) is 5.73 Å². The molecule has 7 nitrogen and oxygen atoms in total. The highest BCUT2D eigenvalue weighted by Gasteiger charge is 2.46. The van der Waals surface area contributed by atoms with Crippen LogP contribution in [0.2, 0.25) is 0 Å². The molecule has 2 fully saturated rings. The molecule has 2 heterocycles. The third kappa shape index (κ3) is 4.10. The Labute approximate surface area is 157 Å². The predicted octanol–water partition coefficient (Wildman–Crippen LogP) is 0.461. The zero-order chi connectivity index (χ0) is 19.6. The molecule has 3 amide bonds. The number of carbonyl (C=O) groups excluding carboxylic acids is 3. The van der Waals surface area contributed by atoms with Crippen LogP contribution in [0.3, 0.4) is 0 Å². The number of benzene rings is 1. The van der Waals surface area contributed by atoms with Crippen LogP contribution >= 0.6 is 0 Å². The first kappa shape index (κ1) is 19.3. The number of nitrogens with one attached hydrogen (secondary N) is 2. The van der Waals surface area contributed by atoms with Crippen molar-refractivity contribution in [2.75, 3.05) is 13.1 Å². The smallest absolute Gasteiger partial charge is 0.251 e. The average Bonchev–Trinajstić information content (AvgIpc) is 3.06. The van der Waals surface area contributed by atoms with E-state index < -0.39 is 23.8 Å². The van der Waals surface area contributed by atoms with Gasteiger partial charge in [0.1, 0.15) is 17.9 Å². The third-order valence-electron chi connectivity index (χ3n) is 5.22. The molecule has 2 saturated heterocycles. The van der Waals surface area contributed by atoms with E-state index in [1.165, 1.54) is 6.07 Å². The minimum atomic E-state index is -0.566. The molecule has 1 aromatic carbocycles. The van der Waals surface area contributed by atoms with E-state index in [0.717, 1.165) is 12.8 Å². The van der Waals surface area contributed by atoms with Crippen LogP contribution in [0.15, 0.2) is 18.2 Å². The van der Waals surface area contributed by atoms with Crippen molar-refractivity contribution in [2.45, 2.75) is 50.7 Å². The van der Waals surface area contributed by atoms with Gasteiger partial charge in [-0.15, -0.1) is 0 Å². The molecule has 0 aromatic heterocycles. The van der Waals surface area contributed by atoms with Gasteiger partial charge in [0.2, 0.25) is 11.8 Å². The minimum Gasteiger partial charge on any atom is -0.347 e. The highest BCUT2D eigenvalue weighted by Crippen LogP contribution is 2.24. The summed E-state index contributed by atoms with van der Waals surface area (Å²) >= 11 is 0. The quantitative estimate of drug-likeness (QED) is 0.628. The summed E-state index contributed by atoms with van der Waals surface area (Å²) in [6.07, 6.45) is 2.48. The van der Waals surface area contributed by atoms with Gasteiger partial charge in [0, 0.05) is 18.2 Å². The van der Waals surface area contributed by atoms with Crippen molar-refractivity contribution in [1.29, 1.82) is 0 Å². The Hall–Kier alpha value is -2.48. The summed E-state index contributed by atoms with van der Waals surface area (Å²) in [5.74, 6) is -1.16. The first-order chi connectivity index (χ1) is 12.9. The molecular formula is C19H25FN4O3. The summed E-state index contributed by atoms with van der Waals surface area (Å²) < 4.78 is 13.7. The lowest BCUT2D eigenvalue weighted by molar-refractivity contribution is -0.147. The highest BCUT2D eigenvalue weighted by molar-refractivity contribution is 5.98. The van der Waals surface area contributed by atoms with Gasteiger partial charge < -0.3 is 21.3 Å². The monoisotopic (exact) mass is 376 g/mol. The van der Waals surface area contributed by atoms with Gasteiger partial charge >= 0.3 is 0 Å². The van der Waals surface area contributed by atoms with E-state index in [1.54, 1.807) is 24.0 Å². The van der Waals surface area contributed by atoms with Gasteiger partial charge in [-0.25, -0.2) is 4.39 Å². The molecule has 27 heavy (non-hydrogen) atoms. The molecular weight excluding hydrogens is 351 g/mol. The average molecular weight is 376 g/mol. The molecule has 8 heteroatoms. The van der Waals surface area contributed by atoms with E-state index in [0.29, 0.717) is 24.9 Å². The van der Waals surface area contributed by atoms with Crippen LogP contribution < -0.4 is 16.4 Å². The summed E-state index contributed by atoms with van der Waals surface area (Å²) in [6, 6.07) is 2.86. The van der Waals surface area contributed by atoms with E-state index in [2.05, 4.69) is 10.6 Å². The number of fused-ring (bicyclic) bond motifs is 1. The Bertz CT molecular complexity index is 754. The van der Waals surface area contributed by atoms with E-state index in [4.69, 9.17) is 5.73 Å². The zero-order valence-corrected chi connectivity index (χ0v) is 15.3. The third-order valence-corrected chi connectivity index (χ3v) is 5.22. The van der Waals surface area contributed by atoms with Crippen LogP contribution in [0.1, 0.15) is 41.6 Å². The molecule has 0 aliphatic carbocycles. The van der Waals surface area contributed by atoms with Crippen molar-refractivity contribution in [3.05, 3.63) is 35.1 Å². The SMILES string of the molecule is Cc1ccc(C(=O)N[C@H]2C[C@H]3C(=O)N[C@@H](CCCCN)C(=O)N3C2)cc1F. The fourth-order valence-corrected chi connectivity index (χ4v) is 3.65. The number of nitrogens with two attached hydrogens (primary N) is 1. The molecule has 3 rings (SSSR count). The molecule has 3 atom stereocenters. The lowest BCUT2D eigenvalue weighted by Crippen LogP contribution is -2.61. The largest absolute Gasteiger partial charge is 0.347 e. The number of amides is 3. The Morgan fingerprint density at radius 3 is 2.85 bits per heavy atom. The summed E-state index contributed by atoms with van der Waals surface area (Å²) in [7, 11) is 0. The van der Waals surface area contributed by atoms with Crippen LogP contribution in [0, 0.1) is 12.7 Å². The van der Waals surface area contributed by atoms with Gasteiger partial charge in [0.25, 0.3) is 5.91 Å². The van der Waals surface area contributed by atoms with Crippen LogP contribution in [0.5, 0.6) is 0 Å². The molecule has 1 aromatic rings. The van der Waals surface area contributed by atoms with Gasteiger partial charge in [-0.05, 0) is 56.8 Å². The van der Waals surface area contributed by atoms with Crippen molar-refractivity contribution < 1.29 is 18.8 Å². The number of nitrogens with zero attached hydrogens (tertiary/aromatic N) is 1. The van der Waals surface area contributed by atoms with Crippen molar-refractivity contribution in [1.82, 2.24) is 15.5 Å². The number of hydrogen-bond acceptors (Lipinski definition) is 4. The van der Waals surface area contributed by atoms with Crippen LogP contribution in [0.4, 0.5) is 4.39 Å². The standard InChI is InChI=1S/C19H25FN4O3/c1-11-5-6-12(8-14(11)20)17(25)22-13-9-16-18(26)23-15(4-2-3-7-21)19(27)24(16)10-13/h5-6,8,13,15-16H,2-4,7,9-10,21H2,1H3,(H,22,25)(H,23,26)/t13-,15-,16-/m0/s1. The van der Waals surface area contributed by atoms with Gasteiger partial charge in [-0.2, -0.15) is 0 Å². The first-order valence-electron chi connectivity index (χ1n) is 9.28. The Morgan fingerprint density at radius 1 is 1.37 bits per heavy atom. The predicted molar refractivity (Wildman–Crippen MR) is 97.3 cm³/mol. The fourth-order valence-electron chi connectivity index (χ4n) is 3.65. The molecule has 0 saturated carbocycles. The molecule has 0 bridgehead atoms. The van der Waals surface area contributed by atoms with Crippen molar-refractivity contribution in [3.8, 4) is 0 Å². The first-order valence-corrected chi connectivity index (χ1v) is 9.28. The summed E-state index contributed by atoms with van der Waals surface area (Å²) in [5, 5.41) is 5.59. The second kappa shape index (κ2) is 8.04. The van der Waals surface area contributed by atoms with E-state index in [9.17, 15) is 18.8 Å². The maximum absolute atomic E-state index is 13.7. The van der Waals surface area contributed by atoms with E-state index in [1.807, 2.05) is 0 Å². The second-order valence-corrected chi connectivity index (χ2v) is 7.22. The van der Waals surface area contributed by atoms with E-state index in [-0.39, 0.29) is 30.0 Å². The number of carbonyl (C=O) groups is 3. The Kier molecular flexibility index (Phi) is 5.74. The molecule has 146 valence electrons. The number of unbranched alkanes of at least 4 members (excludes halogenated alkanes) is 1. The lowest BCUT2D eigenvalue weighted by atomic mass is 10.0. The molecule has 2 aliphatic rings. The fraction of sp³-hybridized carbons (Fsp3) is 0.526. The van der Waals surface area contributed by atoms with Crippen molar-refractivity contribution in [3.63, 3.8) is 0 Å². The Morgan fingerprint density at radius 2 is 2.15 bits per heavy atom. The van der Waals surface area contributed by atoms with Gasteiger partial charge in [0.15, 0.2) is 0 Å². The van der Waals surface area contributed by atoms with Crippen molar-refractivity contribution >= 4 is 17.7 Å². The summed E-state index contributed by atoms with van der Waals surface area (Å²) in [6.45, 7) is 2.46. The number of piperazine rings is 1. The number of halogens is 1. The number of aryl methyl sites for hydroxylation is 1. The normalized spacial score (nSPS) is 24.6. The van der Waals surface area contributed by atoms with Gasteiger partial charge in [-0.3, -0.25) is 14.4 Å². The minimum absolute atomic E-state index is 0.116. The number of rotatable bonds is 6. The van der Waals surface area contributed by atoms with E-state index >= 15 is 0 Å². The lowest BCUT2D eigenvalue weighted by Gasteiger charge is -2.34. The maximum Gasteiger partial charge on any atom is 0.251 e. The van der Waals surface area contributed by atoms with Crippen LogP contribution in [0.25, 0.3) is 0 Å². The molecule has 0 unspecified atom stereocenters. The van der Waals surface area contributed by atoms with Gasteiger partial charge in [0.05, 0.1) is 0 Å². The maximum atomic E-state index is 13.7. The second-order valence-electron chi connectivity index (χ2n) is 7.22. The van der Waals surface area contributed by atoms with Crippen LogP contribution in [-0.2, 0) is 9.59 Å².